The second-order valence-corrected chi connectivity index (χ2v) is 8.77. The maximum absolute atomic E-state index is 6.39. The van der Waals surface area contributed by atoms with Crippen molar-refractivity contribution >= 4 is 33.2 Å². The Morgan fingerprint density at radius 1 is 0.933 bits per heavy atom. The lowest BCUT2D eigenvalue weighted by Gasteiger charge is -2.38. The quantitative estimate of drug-likeness (QED) is 0.443. The normalized spacial score (nSPS) is 21.0. The average molecular weight is 484 g/mol. The van der Waals surface area contributed by atoms with E-state index in [1.165, 1.54) is 0 Å². The van der Waals surface area contributed by atoms with Crippen molar-refractivity contribution in [3.63, 3.8) is 0 Å². The van der Waals surface area contributed by atoms with Gasteiger partial charge in [-0.15, -0.1) is 0 Å². The van der Waals surface area contributed by atoms with Gasteiger partial charge in [0.1, 0.15) is 5.75 Å². The molecule has 0 saturated heterocycles. The summed E-state index contributed by atoms with van der Waals surface area (Å²) in [4.78, 5) is 0. The number of hydrogen-bond acceptors (Lipinski definition) is 5. The Morgan fingerprint density at radius 3 is 2.60 bits per heavy atom. The van der Waals surface area contributed by atoms with E-state index in [0.29, 0.717) is 5.02 Å². The zero-order valence-electron chi connectivity index (χ0n) is 15.7. The fourth-order valence-corrected chi connectivity index (χ4v) is 4.60. The number of halogens is 2. The first-order valence-electron chi connectivity index (χ1n) is 9.63. The van der Waals surface area contributed by atoms with E-state index < -0.39 is 0 Å². The molecule has 3 aliphatic heterocycles. The molecular weight excluding hydrogens is 468 g/mol. The van der Waals surface area contributed by atoms with Gasteiger partial charge in [-0.25, -0.2) is 5.01 Å². The number of rotatable bonds is 2. The van der Waals surface area contributed by atoms with Crippen molar-refractivity contribution in [3.05, 3.63) is 86.8 Å². The molecule has 0 amide bonds. The minimum Gasteiger partial charge on any atom is -0.464 e. The lowest BCUT2D eigenvalue weighted by atomic mass is 9.95. The van der Waals surface area contributed by atoms with Crippen LogP contribution < -0.4 is 14.2 Å². The molecule has 0 radical (unpaired) electrons. The molecule has 0 N–H and O–H groups in total. The van der Waals surface area contributed by atoms with Crippen molar-refractivity contribution in [3.8, 4) is 17.2 Å². The SMILES string of the molecule is Clc1ccc2c(c1)[C@@H]1CC(c3ccc4c(c3)OCO4)=NN1[C@@H](c1ccc(Br)cc1)O2. The Bertz CT molecular complexity index is 1180. The Hall–Kier alpha value is -2.70. The Kier molecular flexibility index (Phi) is 4.18. The van der Waals surface area contributed by atoms with Gasteiger partial charge in [0.15, 0.2) is 11.5 Å². The summed E-state index contributed by atoms with van der Waals surface area (Å²) in [6, 6.07) is 19.9. The number of benzene rings is 3. The van der Waals surface area contributed by atoms with E-state index in [9.17, 15) is 0 Å². The molecule has 0 unspecified atom stereocenters. The van der Waals surface area contributed by atoms with Crippen LogP contribution in [-0.4, -0.2) is 17.5 Å². The third-order valence-corrected chi connectivity index (χ3v) is 6.38. The van der Waals surface area contributed by atoms with Crippen LogP contribution >= 0.6 is 27.5 Å². The minimum atomic E-state index is -0.316. The average Bonchev–Trinajstić information content (AvgIpc) is 3.41. The van der Waals surface area contributed by atoms with Crippen LogP contribution in [0.25, 0.3) is 0 Å². The van der Waals surface area contributed by atoms with Gasteiger partial charge in [0, 0.05) is 32.6 Å². The Labute approximate surface area is 186 Å². The van der Waals surface area contributed by atoms with Gasteiger partial charge in [-0.3, -0.25) is 0 Å². The maximum Gasteiger partial charge on any atom is 0.231 e. The molecular formula is C23H16BrClN2O3. The third kappa shape index (κ3) is 2.94. The summed E-state index contributed by atoms with van der Waals surface area (Å²) in [5.74, 6) is 2.36. The van der Waals surface area contributed by atoms with Crippen molar-refractivity contribution in [2.24, 2.45) is 5.10 Å². The van der Waals surface area contributed by atoms with E-state index in [1.54, 1.807) is 0 Å². The van der Waals surface area contributed by atoms with Crippen LogP contribution in [0.5, 0.6) is 17.2 Å². The molecule has 0 fully saturated rings. The molecule has 3 heterocycles. The molecule has 7 heteroatoms. The van der Waals surface area contributed by atoms with Gasteiger partial charge in [0.25, 0.3) is 0 Å². The summed E-state index contributed by atoms with van der Waals surface area (Å²) < 4.78 is 18.4. The first kappa shape index (κ1) is 18.1. The zero-order valence-corrected chi connectivity index (χ0v) is 18.1. The number of ether oxygens (including phenoxy) is 3. The second-order valence-electron chi connectivity index (χ2n) is 7.42. The summed E-state index contributed by atoms with van der Waals surface area (Å²) in [7, 11) is 0. The van der Waals surface area contributed by atoms with Crippen LogP contribution in [0.2, 0.25) is 5.02 Å². The summed E-state index contributed by atoms with van der Waals surface area (Å²) in [5.41, 5.74) is 4.10. The van der Waals surface area contributed by atoms with E-state index in [-0.39, 0.29) is 19.1 Å². The number of nitrogens with zero attached hydrogens (tertiary/aromatic N) is 2. The topological polar surface area (TPSA) is 43.3 Å². The van der Waals surface area contributed by atoms with Crippen molar-refractivity contribution in [2.75, 3.05) is 6.79 Å². The smallest absolute Gasteiger partial charge is 0.231 e. The molecule has 0 spiro atoms. The lowest BCUT2D eigenvalue weighted by molar-refractivity contribution is -0.0190. The van der Waals surface area contributed by atoms with Gasteiger partial charge in [-0.2, -0.15) is 5.10 Å². The van der Waals surface area contributed by atoms with E-state index in [0.717, 1.165) is 50.5 Å². The monoisotopic (exact) mass is 482 g/mol. The fourth-order valence-electron chi connectivity index (χ4n) is 4.16. The molecule has 3 aromatic rings. The highest BCUT2D eigenvalue weighted by Gasteiger charge is 2.41. The van der Waals surface area contributed by atoms with Crippen molar-refractivity contribution in [2.45, 2.75) is 18.7 Å². The molecule has 30 heavy (non-hydrogen) atoms. The van der Waals surface area contributed by atoms with Gasteiger partial charge >= 0.3 is 0 Å². The van der Waals surface area contributed by atoms with E-state index in [4.69, 9.17) is 30.9 Å². The minimum absolute atomic E-state index is 0.0431. The first-order chi connectivity index (χ1) is 14.7. The van der Waals surface area contributed by atoms with Crippen LogP contribution in [-0.2, 0) is 0 Å². The number of hydrazone groups is 1. The molecule has 3 aliphatic rings. The molecule has 150 valence electrons. The van der Waals surface area contributed by atoms with E-state index in [2.05, 4.69) is 28.1 Å². The first-order valence-corrected chi connectivity index (χ1v) is 10.8. The van der Waals surface area contributed by atoms with Crippen LogP contribution in [0.1, 0.15) is 35.4 Å². The summed E-state index contributed by atoms with van der Waals surface area (Å²) in [6.45, 7) is 0.255. The molecule has 0 aliphatic carbocycles. The number of hydrogen-bond donors (Lipinski definition) is 0. The highest BCUT2D eigenvalue weighted by Crippen LogP contribution is 2.48. The molecule has 6 rings (SSSR count). The van der Waals surface area contributed by atoms with Gasteiger partial charge in [-0.1, -0.05) is 39.7 Å². The summed E-state index contributed by atoms with van der Waals surface area (Å²) in [6.07, 6.45) is 0.437. The summed E-state index contributed by atoms with van der Waals surface area (Å²) >= 11 is 9.81. The van der Waals surface area contributed by atoms with E-state index in [1.807, 2.05) is 53.5 Å². The molecule has 2 atom stereocenters. The Balaban J connectivity index is 1.43. The van der Waals surface area contributed by atoms with Crippen molar-refractivity contribution in [1.29, 1.82) is 0 Å². The van der Waals surface area contributed by atoms with Gasteiger partial charge in [-0.05, 0) is 48.5 Å². The van der Waals surface area contributed by atoms with Crippen LogP contribution in [0, 0.1) is 0 Å². The highest BCUT2D eigenvalue weighted by molar-refractivity contribution is 9.10. The summed E-state index contributed by atoms with van der Waals surface area (Å²) in [5, 5.41) is 7.72. The van der Waals surface area contributed by atoms with Gasteiger partial charge in [0.05, 0.1) is 11.8 Å². The molecule has 0 bridgehead atoms. The molecule has 0 aromatic heterocycles. The molecule has 5 nitrogen and oxygen atoms in total. The number of fused-ring (bicyclic) bond motifs is 4. The van der Waals surface area contributed by atoms with E-state index >= 15 is 0 Å². The van der Waals surface area contributed by atoms with Gasteiger partial charge < -0.3 is 14.2 Å². The molecule has 3 aromatic carbocycles. The largest absolute Gasteiger partial charge is 0.464 e. The second kappa shape index (κ2) is 6.93. The molecule has 0 saturated carbocycles. The van der Waals surface area contributed by atoms with Gasteiger partial charge in [0.2, 0.25) is 13.0 Å². The predicted molar refractivity (Wildman–Crippen MR) is 117 cm³/mol. The fraction of sp³-hybridized carbons (Fsp3) is 0.174. The highest BCUT2D eigenvalue weighted by atomic mass is 79.9. The van der Waals surface area contributed by atoms with Crippen LogP contribution in [0.15, 0.2) is 70.2 Å². The Morgan fingerprint density at radius 2 is 1.73 bits per heavy atom. The van der Waals surface area contributed by atoms with Crippen molar-refractivity contribution < 1.29 is 14.2 Å². The lowest BCUT2D eigenvalue weighted by Crippen LogP contribution is -2.33. The predicted octanol–water partition coefficient (Wildman–Crippen LogP) is 6.07. The third-order valence-electron chi connectivity index (χ3n) is 5.61. The standard InChI is InChI=1S/C23H16BrClN2O3/c24-15-4-1-13(2-5-15)23-27-19(17-10-16(25)6-8-20(17)30-23)11-18(26-27)14-3-7-21-22(9-14)29-12-28-21/h1-10,19,23H,11-12H2/t19-,23+/m0/s1. The maximum atomic E-state index is 6.39. The zero-order chi connectivity index (χ0) is 20.2. The van der Waals surface area contributed by atoms with Crippen LogP contribution in [0.3, 0.4) is 0 Å². The van der Waals surface area contributed by atoms with Crippen LogP contribution in [0.4, 0.5) is 0 Å². The van der Waals surface area contributed by atoms with Crippen molar-refractivity contribution in [1.82, 2.24) is 5.01 Å².